The maximum atomic E-state index is 6.35. The molecule has 4 nitrogen and oxygen atoms in total. The van der Waals surface area contributed by atoms with E-state index in [1.807, 2.05) is 13.0 Å². The number of hydrogen-bond donors (Lipinski definition) is 2. The minimum atomic E-state index is 0.409. The molecule has 1 heterocycles. The van der Waals surface area contributed by atoms with Crippen molar-refractivity contribution in [2.24, 2.45) is 0 Å². The van der Waals surface area contributed by atoms with E-state index in [2.05, 4.69) is 75.0 Å². The minimum Gasteiger partial charge on any atom is -0.436 e. The third kappa shape index (κ3) is 5.25. The Bertz CT molecular complexity index is 771. The number of nitrogens with zero attached hydrogens (tertiary/aromatic N) is 1. The van der Waals surface area contributed by atoms with Crippen LogP contribution in [0.5, 0.6) is 11.6 Å². The highest BCUT2D eigenvalue weighted by molar-refractivity contribution is 5.75. The quantitative estimate of drug-likeness (QED) is 0.510. The van der Waals surface area contributed by atoms with Gasteiger partial charge >= 0.3 is 0 Å². The van der Waals surface area contributed by atoms with Crippen LogP contribution in [0.15, 0.2) is 30.9 Å². The molecule has 0 spiro atoms. The zero-order chi connectivity index (χ0) is 20.0. The topological polar surface area (TPSA) is 46.2 Å². The molecule has 0 saturated heterocycles. The number of hydrogen-bond acceptors (Lipinski definition) is 4. The molecule has 1 aromatic carbocycles. The van der Waals surface area contributed by atoms with Crippen molar-refractivity contribution in [3.63, 3.8) is 0 Å². The molecule has 0 radical (unpaired) electrons. The van der Waals surface area contributed by atoms with Crippen LogP contribution >= 0.6 is 0 Å². The Balaban J connectivity index is 2.51. The van der Waals surface area contributed by atoms with Crippen molar-refractivity contribution in [2.45, 2.75) is 60.4 Å². The van der Waals surface area contributed by atoms with E-state index in [4.69, 9.17) is 4.74 Å². The second-order valence-electron chi connectivity index (χ2n) is 7.15. The lowest BCUT2D eigenvalue weighted by Gasteiger charge is -2.22. The van der Waals surface area contributed by atoms with Crippen molar-refractivity contribution in [3.8, 4) is 11.6 Å². The average molecular weight is 368 g/mol. The lowest BCUT2D eigenvalue weighted by molar-refractivity contribution is 0.457. The molecule has 1 aromatic heterocycles. The van der Waals surface area contributed by atoms with Gasteiger partial charge in [-0.2, -0.15) is 0 Å². The highest BCUT2D eigenvalue weighted by Crippen LogP contribution is 2.38. The maximum Gasteiger partial charge on any atom is 0.245 e. The second-order valence-corrected chi connectivity index (χ2v) is 7.15. The molecule has 0 aliphatic carbocycles. The van der Waals surface area contributed by atoms with Gasteiger partial charge in [0.15, 0.2) is 0 Å². The Kier molecular flexibility index (Phi) is 7.28. The first kappa shape index (κ1) is 20.8. The first-order valence-corrected chi connectivity index (χ1v) is 9.78. The number of nitrogens with one attached hydrogen (secondary N) is 2. The number of aryl methyl sites for hydroxylation is 4. The highest BCUT2D eigenvalue weighted by Gasteiger charge is 2.17. The van der Waals surface area contributed by atoms with E-state index in [0.717, 1.165) is 46.8 Å². The summed E-state index contributed by atoms with van der Waals surface area (Å²) in [6.45, 7) is 17.1. The summed E-state index contributed by atoms with van der Waals surface area (Å²) in [6, 6.07) is 6.76. The smallest absolute Gasteiger partial charge is 0.245 e. The van der Waals surface area contributed by atoms with Crippen LogP contribution in [-0.2, 0) is 0 Å². The number of aromatic nitrogens is 1. The molecule has 0 unspecified atom stereocenters. The summed E-state index contributed by atoms with van der Waals surface area (Å²) in [5, 5.41) is 7.06. The molecule has 146 valence electrons. The zero-order valence-corrected chi connectivity index (χ0v) is 17.6. The number of ether oxygens (including phenoxy) is 1. The molecular formula is C23H33N3O. The van der Waals surface area contributed by atoms with Gasteiger partial charge in [-0.1, -0.05) is 37.6 Å². The summed E-state index contributed by atoms with van der Waals surface area (Å²) in [5.74, 6) is 1.47. The fourth-order valence-electron chi connectivity index (χ4n) is 3.31. The van der Waals surface area contributed by atoms with Crippen molar-refractivity contribution in [1.82, 2.24) is 4.98 Å². The lowest BCUT2D eigenvalue weighted by atomic mass is 10.1. The van der Waals surface area contributed by atoms with Gasteiger partial charge in [-0.15, -0.1) is 6.58 Å². The van der Waals surface area contributed by atoms with E-state index in [0.29, 0.717) is 18.5 Å². The molecule has 4 heteroatoms. The molecule has 0 fully saturated rings. The largest absolute Gasteiger partial charge is 0.436 e. The summed E-state index contributed by atoms with van der Waals surface area (Å²) < 4.78 is 6.35. The predicted molar refractivity (Wildman–Crippen MR) is 116 cm³/mol. The minimum absolute atomic E-state index is 0.409. The maximum absolute atomic E-state index is 6.35. The molecule has 0 aliphatic rings. The normalized spacial score (nSPS) is 10.8. The van der Waals surface area contributed by atoms with Crippen molar-refractivity contribution in [1.29, 1.82) is 0 Å². The average Bonchev–Trinajstić information content (AvgIpc) is 2.61. The molecular weight excluding hydrogens is 334 g/mol. The van der Waals surface area contributed by atoms with Crippen LogP contribution < -0.4 is 15.4 Å². The van der Waals surface area contributed by atoms with E-state index in [1.54, 1.807) is 0 Å². The standard InChI is InChI=1S/C23H33N3O/c1-8-11-24-21-20(26-19(9-2)10-3)14-18(7)25-23(21)27-22-16(5)12-15(4)13-17(22)6/h8,12-14,19,24H,1,9-11H2,2-7H3,(H,25,26). The Hall–Kier alpha value is -2.49. The van der Waals surface area contributed by atoms with Crippen LogP contribution in [0, 0.1) is 27.7 Å². The fraction of sp³-hybridized carbons (Fsp3) is 0.435. The third-order valence-corrected chi connectivity index (χ3v) is 4.69. The van der Waals surface area contributed by atoms with Crippen LogP contribution in [0.2, 0.25) is 0 Å². The number of benzene rings is 1. The molecule has 0 bridgehead atoms. The van der Waals surface area contributed by atoms with Crippen LogP contribution in [0.1, 0.15) is 49.1 Å². The SMILES string of the molecule is C=CCNc1c(NC(CC)CC)cc(C)nc1Oc1c(C)cc(C)cc1C. The van der Waals surface area contributed by atoms with Gasteiger partial charge in [0.25, 0.3) is 0 Å². The first-order chi connectivity index (χ1) is 12.9. The summed E-state index contributed by atoms with van der Waals surface area (Å²) in [7, 11) is 0. The van der Waals surface area contributed by atoms with Crippen molar-refractivity contribution in [2.75, 3.05) is 17.2 Å². The van der Waals surface area contributed by atoms with Gasteiger partial charge < -0.3 is 15.4 Å². The Morgan fingerprint density at radius 3 is 2.26 bits per heavy atom. The van der Waals surface area contributed by atoms with Crippen molar-refractivity contribution < 1.29 is 4.74 Å². The molecule has 0 amide bonds. The number of pyridine rings is 1. The van der Waals surface area contributed by atoms with Gasteiger partial charge in [0.1, 0.15) is 11.4 Å². The monoisotopic (exact) mass is 367 g/mol. The van der Waals surface area contributed by atoms with Gasteiger partial charge in [-0.05, 0) is 57.7 Å². The van der Waals surface area contributed by atoms with Crippen molar-refractivity contribution >= 4 is 11.4 Å². The molecule has 2 rings (SSSR count). The van der Waals surface area contributed by atoms with E-state index >= 15 is 0 Å². The summed E-state index contributed by atoms with van der Waals surface area (Å²) >= 11 is 0. The van der Waals surface area contributed by atoms with Crippen LogP contribution in [-0.4, -0.2) is 17.6 Å². The molecule has 0 aliphatic heterocycles. The second kappa shape index (κ2) is 9.45. The van der Waals surface area contributed by atoms with E-state index in [1.165, 1.54) is 5.56 Å². The Morgan fingerprint density at radius 1 is 1.07 bits per heavy atom. The lowest BCUT2D eigenvalue weighted by Crippen LogP contribution is -2.19. The first-order valence-electron chi connectivity index (χ1n) is 9.78. The van der Waals surface area contributed by atoms with Gasteiger partial charge in [0.2, 0.25) is 5.88 Å². The predicted octanol–water partition coefficient (Wildman–Crippen LogP) is 6.31. The Morgan fingerprint density at radius 2 is 1.70 bits per heavy atom. The highest BCUT2D eigenvalue weighted by atomic mass is 16.5. The third-order valence-electron chi connectivity index (χ3n) is 4.69. The van der Waals surface area contributed by atoms with E-state index in [-0.39, 0.29) is 0 Å². The number of anilines is 2. The molecule has 2 N–H and O–H groups in total. The summed E-state index contributed by atoms with van der Waals surface area (Å²) in [5.41, 5.74) is 6.28. The van der Waals surface area contributed by atoms with Crippen molar-refractivity contribution in [3.05, 3.63) is 53.2 Å². The molecule has 2 aromatic rings. The molecule has 0 atom stereocenters. The van der Waals surface area contributed by atoms with Gasteiger partial charge in [-0.25, -0.2) is 4.98 Å². The summed E-state index contributed by atoms with van der Waals surface area (Å²) in [6.07, 6.45) is 3.96. The fourth-order valence-corrected chi connectivity index (χ4v) is 3.31. The zero-order valence-electron chi connectivity index (χ0n) is 17.6. The Labute approximate surface area is 164 Å². The van der Waals surface area contributed by atoms with Crippen LogP contribution in [0.3, 0.4) is 0 Å². The van der Waals surface area contributed by atoms with E-state index in [9.17, 15) is 0 Å². The van der Waals surface area contributed by atoms with Crippen LogP contribution in [0.4, 0.5) is 11.4 Å². The van der Waals surface area contributed by atoms with Crippen LogP contribution in [0.25, 0.3) is 0 Å². The van der Waals surface area contributed by atoms with Gasteiger partial charge in [0, 0.05) is 18.3 Å². The van der Waals surface area contributed by atoms with E-state index < -0.39 is 0 Å². The van der Waals surface area contributed by atoms with Gasteiger partial charge in [-0.3, -0.25) is 0 Å². The summed E-state index contributed by atoms with van der Waals surface area (Å²) in [4.78, 5) is 4.69. The molecule has 0 saturated carbocycles. The van der Waals surface area contributed by atoms with Gasteiger partial charge in [0.05, 0.1) is 5.69 Å². The molecule has 27 heavy (non-hydrogen) atoms. The number of rotatable bonds is 9.